The van der Waals surface area contributed by atoms with Gasteiger partial charge in [-0.25, -0.2) is 0 Å². The monoisotopic (exact) mass is 253 g/mol. The summed E-state index contributed by atoms with van der Waals surface area (Å²) < 4.78 is 9.67. The van der Waals surface area contributed by atoms with Gasteiger partial charge in [-0.15, -0.1) is 0 Å². The van der Waals surface area contributed by atoms with Gasteiger partial charge in [-0.2, -0.15) is 0 Å². The highest BCUT2D eigenvalue weighted by Crippen LogP contribution is 2.22. The number of ether oxygens (including phenoxy) is 2. The molecule has 0 aromatic heterocycles. The fourth-order valence-electron chi connectivity index (χ4n) is 1.52. The van der Waals surface area contributed by atoms with Crippen molar-refractivity contribution in [1.82, 2.24) is 5.32 Å². The second-order valence-electron chi connectivity index (χ2n) is 4.06. The second kappa shape index (κ2) is 6.86. The summed E-state index contributed by atoms with van der Waals surface area (Å²) in [5, 5.41) is 12.8. The number of phenolic OH excluding ortho intramolecular Hbond substituents is 1. The van der Waals surface area contributed by atoms with E-state index in [9.17, 15) is 9.90 Å². The topological polar surface area (TPSA) is 67.8 Å². The lowest BCUT2D eigenvalue weighted by Gasteiger charge is -2.13. The Bertz CT molecular complexity index is 406. The van der Waals surface area contributed by atoms with Crippen LogP contribution in [-0.2, 0) is 16.1 Å². The van der Waals surface area contributed by atoms with Gasteiger partial charge in [0.1, 0.15) is 11.5 Å². The smallest absolute Gasteiger partial charge is 0.307 e. The lowest BCUT2D eigenvalue weighted by atomic mass is 10.1. The molecule has 0 aliphatic rings. The lowest BCUT2D eigenvalue weighted by Crippen LogP contribution is -2.28. The first-order chi connectivity index (χ1) is 8.56. The first-order valence-electron chi connectivity index (χ1n) is 5.73. The Morgan fingerprint density at radius 3 is 2.78 bits per heavy atom. The Morgan fingerprint density at radius 2 is 2.17 bits per heavy atom. The number of hydrogen-bond acceptors (Lipinski definition) is 5. The van der Waals surface area contributed by atoms with Crippen LogP contribution in [0.15, 0.2) is 18.2 Å². The molecule has 0 aliphatic carbocycles. The van der Waals surface area contributed by atoms with Crippen molar-refractivity contribution >= 4 is 5.97 Å². The van der Waals surface area contributed by atoms with E-state index in [2.05, 4.69) is 10.1 Å². The number of methoxy groups -OCH3 is 2. The van der Waals surface area contributed by atoms with Crippen LogP contribution in [0.1, 0.15) is 18.9 Å². The van der Waals surface area contributed by atoms with Gasteiger partial charge in [0.2, 0.25) is 0 Å². The van der Waals surface area contributed by atoms with Gasteiger partial charge < -0.3 is 19.9 Å². The molecule has 1 atom stereocenters. The Hall–Kier alpha value is -1.75. The fourth-order valence-corrected chi connectivity index (χ4v) is 1.52. The minimum absolute atomic E-state index is 0.0250. The van der Waals surface area contributed by atoms with Crippen molar-refractivity contribution in [2.75, 3.05) is 14.2 Å². The Labute approximate surface area is 107 Å². The molecule has 18 heavy (non-hydrogen) atoms. The molecule has 0 heterocycles. The van der Waals surface area contributed by atoms with E-state index in [0.29, 0.717) is 18.7 Å². The van der Waals surface area contributed by atoms with Gasteiger partial charge in [-0.05, 0) is 25.1 Å². The van der Waals surface area contributed by atoms with Crippen LogP contribution < -0.4 is 10.1 Å². The molecule has 0 spiro atoms. The van der Waals surface area contributed by atoms with Crippen molar-refractivity contribution in [3.63, 3.8) is 0 Å². The largest absolute Gasteiger partial charge is 0.508 e. The molecule has 0 amide bonds. The number of phenols is 1. The third kappa shape index (κ3) is 4.25. The number of rotatable bonds is 6. The lowest BCUT2D eigenvalue weighted by molar-refractivity contribution is -0.141. The SMILES string of the molecule is COC(=O)CC(C)NCc1cc(OC)ccc1O. The van der Waals surface area contributed by atoms with Crippen LogP contribution in [0.4, 0.5) is 0 Å². The van der Waals surface area contributed by atoms with Gasteiger partial charge in [0, 0.05) is 18.2 Å². The van der Waals surface area contributed by atoms with Gasteiger partial charge >= 0.3 is 5.97 Å². The van der Waals surface area contributed by atoms with Crippen molar-refractivity contribution in [1.29, 1.82) is 0 Å². The zero-order chi connectivity index (χ0) is 13.5. The molecule has 0 saturated heterocycles. The van der Waals surface area contributed by atoms with Gasteiger partial charge in [0.25, 0.3) is 0 Å². The van der Waals surface area contributed by atoms with Gasteiger partial charge in [-0.3, -0.25) is 4.79 Å². The van der Waals surface area contributed by atoms with Crippen LogP contribution >= 0.6 is 0 Å². The van der Waals surface area contributed by atoms with E-state index >= 15 is 0 Å². The summed E-state index contributed by atoms with van der Waals surface area (Å²) in [5.74, 6) is 0.628. The first kappa shape index (κ1) is 14.3. The molecule has 0 aliphatic heterocycles. The summed E-state index contributed by atoms with van der Waals surface area (Å²) in [4.78, 5) is 11.1. The maximum atomic E-state index is 11.1. The molecule has 0 bridgehead atoms. The number of nitrogens with one attached hydrogen (secondary N) is 1. The predicted molar refractivity (Wildman–Crippen MR) is 67.6 cm³/mol. The molecule has 0 fully saturated rings. The third-order valence-electron chi connectivity index (χ3n) is 2.63. The summed E-state index contributed by atoms with van der Waals surface area (Å²) in [6.07, 6.45) is 0.293. The average molecular weight is 253 g/mol. The van der Waals surface area contributed by atoms with Crippen LogP contribution in [0.2, 0.25) is 0 Å². The molecule has 100 valence electrons. The molecule has 2 N–H and O–H groups in total. The van der Waals surface area contributed by atoms with Crippen LogP contribution in [-0.4, -0.2) is 31.3 Å². The van der Waals surface area contributed by atoms with Crippen LogP contribution in [0, 0.1) is 0 Å². The van der Waals surface area contributed by atoms with Crippen LogP contribution in [0.3, 0.4) is 0 Å². The summed E-state index contributed by atoms with van der Waals surface area (Å²) in [7, 11) is 2.94. The van der Waals surface area contributed by atoms with Gasteiger partial charge in [0.15, 0.2) is 0 Å². The van der Waals surface area contributed by atoms with Crippen molar-refractivity contribution in [3.05, 3.63) is 23.8 Å². The quantitative estimate of drug-likeness (QED) is 0.751. The van der Waals surface area contributed by atoms with E-state index in [0.717, 1.165) is 5.56 Å². The van der Waals surface area contributed by atoms with E-state index in [4.69, 9.17) is 4.74 Å². The van der Waals surface area contributed by atoms with Crippen molar-refractivity contribution in [2.24, 2.45) is 0 Å². The Balaban J connectivity index is 2.54. The van der Waals surface area contributed by atoms with E-state index in [1.165, 1.54) is 7.11 Å². The number of carbonyl (C=O) groups excluding carboxylic acids is 1. The molecular weight excluding hydrogens is 234 g/mol. The summed E-state index contributed by atoms with van der Waals surface area (Å²) in [6.45, 7) is 2.34. The van der Waals surface area contributed by atoms with Crippen molar-refractivity contribution in [3.8, 4) is 11.5 Å². The molecular formula is C13H19NO4. The normalized spacial score (nSPS) is 11.9. The zero-order valence-corrected chi connectivity index (χ0v) is 10.9. The number of carbonyl (C=O) groups is 1. The number of hydrogen-bond donors (Lipinski definition) is 2. The van der Waals surface area contributed by atoms with Gasteiger partial charge in [-0.1, -0.05) is 0 Å². The number of aromatic hydroxyl groups is 1. The molecule has 1 rings (SSSR count). The molecule has 1 aromatic rings. The highest BCUT2D eigenvalue weighted by atomic mass is 16.5. The molecule has 0 radical (unpaired) electrons. The Kier molecular flexibility index (Phi) is 5.45. The zero-order valence-electron chi connectivity index (χ0n) is 10.9. The number of benzene rings is 1. The number of esters is 1. The molecule has 1 unspecified atom stereocenters. The minimum atomic E-state index is -0.259. The summed E-state index contributed by atoms with van der Waals surface area (Å²) in [6, 6.07) is 5.01. The van der Waals surface area contributed by atoms with Crippen LogP contribution in [0.25, 0.3) is 0 Å². The molecule has 5 heteroatoms. The van der Waals surface area contributed by atoms with Crippen molar-refractivity contribution in [2.45, 2.75) is 25.9 Å². The van der Waals surface area contributed by atoms with E-state index in [-0.39, 0.29) is 17.8 Å². The van der Waals surface area contributed by atoms with Crippen molar-refractivity contribution < 1.29 is 19.4 Å². The Morgan fingerprint density at radius 1 is 1.44 bits per heavy atom. The minimum Gasteiger partial charge on any atom is -0.508 e. The highest BCUT2D eigenvalue weighted by molar-refractivity contribution is 5.69. The summed E-state index contributed by atoms with van der Waals surface area (Å²) >= 11 is 0. The van der Waals surface area contributed by atoms with E-state index in [1.807, 2.05) is 6.92 Å². The average Bonchev–Trinajstić information content (AvgIpc) is 2.37. The van der Waals surface area contributed by atoms with E-state index in [1.54, 1.807) is 25.3 Å². The predicted octanol–water partition coefficient (Wildman–Crippen LogP) is 1.44. The second-order valence-corrected chi connectivity index (χ2v) is 4.06. The fraction of sp³-hybridized carbons (Fsp3) is 0.462. The molecule has 0 saturated carbocycles. The van der Waals surface area contributed by atoms with Crippen LogP contribution in [0.5, 0.6) is 11.5 Å². The highest BCUT2D eigenvalue weighted by Gasteiger charge is 2.10. The molecule has 1 aromatic carbocycles. The third-order valence-corrected chi connectivity index (χ3v) is 2.63. The van der Waals surface area contributed by atoms with E-state index < -0.39 is 0 Å². The standard InChI is InChI=1S/C13H19NO4/c1-9(6-13(16)18-3)14-8-10-7-11(17-2)4-5-12(10)15/h4-5,7,9,14-15H,6,8H2,1-3H3. The maximum Gasteiger partial charge on any atom is 0.307 e. The summed E-state index contributed by atoms with van der Waals surface area (Å²) in [5.41, 5.74) is 0.728. The maximum absolute atomic E-state index is 11.1. The first-order valence-corrected chi connectivity index (χ1v) is 5.73. The van der Waals surface area contributed by atoms with Gasteiger partial charge in [0.05, 0.1) is 20.6 Å². The molecule has 5 nitrogen and oxygen atoms in total.